The molecule has 6 heteroatoms. The Balaban J connectivity index is 1.42. The van der Waals surface area contributed by atoms with Crippen LogP contribution in [0.5, 0.6) is 0 Å². The van der Waals surface area contributed by atoms with Crippen molar-refractivity contribution in [1.82, 2.24) is 14.7 Å². The van der Waals surface area contributed by atoms with Crippen LogP contribution in [0.3, 0.4) is 0 Å². The first-order valence-electron chi connectivity index (χ1n) is 10.9. The molecule has 3 heterocycles. The Morgan fingerprint density at radius 2 is 1.65 bits per heavy atom. The number of hydrogen-bond donors (Lipinski definition) is 0. The van der Waals surface area contributed by atoms with Crippen molar-refractivity contribution in [3.05, 3.63) is 71.9 Å². The monoisotopic (exact) mass is 417 g/mol. The zero-order valence-electron chi connectivity index (χ0n) is 17.7. The van der Waals surface area contributed by atoms with Gasteiger partial charge in [0.1, 0.15) is 5.69 Å². The van der Waals surface area contributed by atoms with Crippen molar-refractivity contribution in [3.63, 3.8) is 0 Å². The van der Waals surface area contributed by atoms with Crippen molar-refractivity contribution >= 4 is 5.91 Å². The van der Waals surface area contributed by atoms with Crippen LogP contribution in [-0.4, -0.2) is 53.2 Å². The van der Waals surface area contributed by atoms with E-state index in [-0.39, 0.29) is 12.2 Å². The van der Waals surface area contributed by atoms with E-state index in [0.29, 0.717) is 37.8 Å². The second kappa shape index (κ2) is 8.65. The largest absolute Gasteiger partial charge is 0.350 e. The molecule has 0 unspecified atom stereocenters. The van der Waals surface area contributed by atoms with E-state index >= 15 is 0 Å². The molecule has 5 rings (SSSR count). The van der Waals surface area contributed by atoms with Crippen molar-refractivity contribution in [1.29, 1.82) is 0 Å². The lowest BCUT2D eigenvalue weighted by Crippen LogP contribution is -2.41. The van der Waals surface area contributed by atoms with Gasteiger partial charge in [0.15, 0.2) is 6.29 Å². The Morgan fingerprint density at radius 1 is 0.968 bits per heavy atom. The van der Waals surface area contributed by atoms with Crippen molar-refractivity contribution in [2.24, 2.45) is 5.92 Å². The van der Waals surface area contributed by atoms with E-state index in [9.17, 15) is 4.79 Å². The number of hydrogen-bond acceptors (Lipinski definition) is 4. The van der Waals surface area contributed by atoms with Gasteiger partial charge >= 0.3 is 0 Å². The predicted octanol–water partition coefficient (Wildman–Crippen LogP) is 4.07. The first-order chi connectivity index (χ1) is 15.2. The molecule has 2 fully saturated rings. The van der Waals surface area contributed by atoms with Gasteiger partial charge in [0.05, 0.1) is 24.5 Å². The highest BCUT2D eigenvalue weighted by Crippen LogP contribution is 2.29. The molecule has 3 aromatic rings. The van der Waals surface area contributed by atoms with Crippen LogP contribution in [0.4, 0.5) is 0 Å². The van der Waals surface area contributed by atoms with Gasteiger partial charge in [-0.2, -0.15) is 5.10 Å². The third-order valence-electron chi connectivity index (χ3n) is 6.15. The molecule has 31 heavy (non-hydrogen) atoms. The summed E-state index contributed by atoms with van der Waals surface area (Å²) in [5.74, 6) is 0.388. The molecule has 1 amide bonds. The fourth-order valence-corrected chi connectivity index (χ4v) is 4.36. The maximum absolute atomic E-state index is 13.5. The molecule has 0 N–H and O–H groups in total. The Bertz CT molecular complexity index is 1030. The second-order valence-electron chi connectivity index (χ2n) is 8.28. The van der Waals surface area contributed by atoms with E-state index in [2.05, 4.69) is 19.1 Å². The van der Waals surface area contributed by atoms with E-state index in [1.807, 2.05) is 58.2 Å². The zero-order chi connectivity index (χ0) is 21.2. The number of likely N-dealkylation sites (tertiary alicyclic amines) is 1. The number of amides is 1. The number of carbonyl (C=O) groups excluding carboxylic acids is 1. The summed E-state index contributed by atoms with van der Waals surface area (Å²) in [4.78, 5) is 15.5. The van der Waals surface area contributed by atoms with Crippen molar-refractivity contribution < 1.29 is 14.3 Å². The average molecular weight is 418 g/mol. The fourth-order valence-electron chi connectivity index (χ4n) is 4.36. The molecule has 2 saturated heterocycles. The maximum Gasteiger partial charge on any atom is 0.257 e. The van der Waals surface area contributed by atoms with Gasteiger partial charge in [-0.15, -0.1) is 0 Å². The highest BCUT2D eigenvalue weighted by atomic mass is 16.7. The van der Waals surface area contributed by atoms with Crippen LogP contribution in [0.2, 0.25) is 0 Å². The fraction of sp³-hybridized carbons (Fsp3) is 0.360. The van der Waals surface area contributed by atoms with Gasteiger partial charge in [-0.3, -0.25) is 4.79 Å². The molecule has 0 aliphatic carbocycles. The molecule has 0 radical (unpaired) electrons. The maximum atomic E-state index is 13.5. The van der Waals surface area contributed by atoms with E-state index in [1.54, 1.807) is 0 Å². The van der Waals surface area contributed by atoms with Crippen LogP contribution in [0, 0.1) is 12.8 Å². The van der Waals surface area contributed by atoms with Crippen LogP contribution in [0.1, 0.15) is 28.8 Å². The van der Waals surface area contributed by atoms with Crippen LogP contribution in [0.25, 0.3) is 16.9 Å². The number of rotatable bonds is 4. The molecule has 2 aliphatic heterocycles. The quantitative estimate of drug-likeness (QED) is 0.642. The lowest BCUT2D eigenvalue weighted by Gasteiger charge is -2.33. The van der Waals surface area contributed by atoms with Gasteiger partial charge in [0, 0.05) is 30.8 Å². The smallest absolute Gasteiger partial charge is 0.257 e. The number of aromatic nitrogens is 2. The predicted molar refractivity (Wildman–Crippen MR) is 118 cm³/mol. The molecule has 0 atom stereocenters. The lowest BCUT2D eigenvalue weighted by molar-refractivity contribution is -0.0956. The first kappa shape index (κ1) is 20.0. The van der Waals surface area contributed by atoms with Crippen molar-refractivity contribution in [3.8, 4) is 16.9 Å². The number of ether oxygens (including phenoxy) is 2. The third kappa shape index (κ3) is 4.13. The van der Waals surface area contributed by atoms with Crippen LogP contribution in [0.15, 0.2) is 60.8 Å². The number of aryl methyl sites for hydroxylation is 1. The molecular weight excluding hydrogens is 390 g/mol. The summed E-state index contributed by atoms with van der Waals surface area (Å²) < 4.78 is 13.2. The minimum absolute atomic E-state index is 0.0314. The summed E-state index contributed by atoms with van der Waals surface area (Å²) in [6.45, 7) is 4.81. The number of nitrogens with zero attached hydrogens (tertiary/aromatic N) is 3. The molecule has 160 valence electrons. The van der Waals surface area contributed by atoms with Gasteiger partial charge in [-0.25, -0.2) is 4.68 Å². The molecule has 0 bridgehead atoms. The third-order valence-corrected chi connectivity index (χ3v) is 6.15. The minimum Gasteiger partial charge on any atom is -0.350 e. The molecule has 0 saturated carbocycles. The Morgan fingerprint density at radius 3 is 2.32 bits per heavy atom. The molecule has 6 nitrogen and oxygen atoms in total. The number of piperidine rings is 1. The minimum atomic E-state index is -0.110. The summed E-state index contributed by atoms with van der Waals surface area (Å²) in [5, 5.41) is 4.80. The van der Waals surface area contributed by atoms with E-state index in [4.69, 9.17) is 14.6 Å². The topological polar surface area (TPSA) is 56.6 Å². The molecule has 1 aromatic heterocycles. The number of benzene rings is 2. The summed E-state index contributed by atoms with van der Waals surface area (Å²) in [6.07, 6.45) is 3.54. The van der Waals surface area contributed by atoms with Crippen LogP contribution >= 0.6 is 0 Å². The summed E-state index contributed by atoms with van der Waals surface area (Å²) >= 11 is 0. The van der Waals surface area contributed by atoms with E-state index in [1.165, 1.54) is 5.56 Å². The first-order valence-corrected chi connectivity index (χ1v) is 10.9. The average Bonchev–Trinajstić information content (AvgIpc) is 3.51. The molecular formula is C25H27N3O3. The summed E-state index contributed by atoms with van der Waals surface area (Å²) in [5.41, 5.74) is 4.43. The Labute approximate surface area is 182 Å². The Kier molecular flexibility index (Phi) is 5.57. The Hall–Kier alpha value is -2.96. The van der Waals surface area contributed by atoms with E-state index in [0.717, 1.165) is 29.8 Å². The van der Waals surface area contributed by atoms with Gasteiger partial charge < -0.3 is 14.4 Å². The second-order valence-corrected chi connectivity index (χ2v) is 8.28. The summed E-state index contributed by atoms with van der Waals surface area (Å²) in [7, 11) is 0. The van der Waals surface area contributed by atoms with E-state index < -0.39 is 0 Å². The molecule has 0 spiro atoms. The number of carbonyl (C=O) groups is 1. The molecule has 2 aromatic carbocycles. The highest BCUT2D eigenvalue weighted by Gasteiger charge is 2.33. The molecule has 2 aliphatic rings. The van der Waals surface area contributed by atoms with Gasteiger partial charge in [-0.05, 0) is 31.9 Å². The van der Waals surface area contributed by atoms with Crippen LogP contribution < -0.4 is 0 Å². The van der Waals surface area contributed by atoms with Gasteiger partial charge in [0.2, 0.25) is 0 Å². The summed E-state index contributed by atoms with van der Waals surface area (Å²) in [6, 6.07) is 18.1. The standard InChI is InChI=1S/C25H27N3O3/c1-18-7-9-21(10-8-18)28-17-22(23(26-28)19-5-3-2-4-6-19)24(29)27-13-11-20(12-14-27)25-30-15-16-31-25/h2-10,17,20,25H,11-16H2,1H3. The highest BCUT2D eigenvalue weighted by molar-refractivity contribution is 6.00. The lowest BCUT2D eigenvalue weighted by atomic mass is 9.95. The SMILES string of the molecule is Cc1ccc(-n2cc(C(=O)N3CCC(C4OCCO4)CC3)c(-c3ccccc3)n2)cc1. The normalized spacial score (nSPS) is 17.9. The van der Waals surface area contributed by atoms with Gasteiger partial charge in [-0.1, -0.05) is 48.0 Å². The van der Waals surface area contributed by atoms with Gasteiger partial charge in [0.25, 0.3) is 5.91 Å². The van der Waals surface area contributed by atoms with Crippen molar-refractivity contribution in [2.45, 2.75) is 26.1 Å². The zero-order valence-corrected chi connectivity index (χ0v) is 17.7. The van der Waals surface area contributed by atoms with Crippen LogP contribution in [-0.2, 0) is 9.47 Å². The van der Waals surface area contributed by atoms with Crippen molar-refractivity contribution in [2.75, 3.05) is 26.3 Å².